The molecule has 0 aromatic heterocycles. The SMILES string of the molecule is C=CCCCCCCCCC(=O)N(C)C. The maximum Gasteiger partial charge on any atom is 0.222 e. The third kappa shape index (κ3) is 9.51. The second kappa shape index (κ2) is 9.75. The maximum absolute atomic E-state index is 11.2. The third-order valence-corrected chi connectivity index (χ3v) is 2.55. The van der Waals surface area contributed by atoms with Gasteiger partial charge in [0.25, 0.3) is 0 Å². The van der Waals surface area contributed by atoms with Crippen LogP contribution in [0.5, 0.6) is 0 Å². The van der Waals surface area contributed by atoms with Gasteiger partial charge in [-0.2, -0.15) is 0 Å². The van der Waals surface area contributed by atoms with Crippen molar-refractivity contribution in [2.45, 2.75) is 51.4 Å². The van der Waals surface area contributed by atoms with Gasteiger partial charge in [-0.05, 0) is 19.3 Å². The van der Waals surface area contributed by atoms with Gasteiger partial charge in [0.05, 0.1) is 0 Å². The Balaban J connectivity index is 3.11. The Labute approximate surface area is 94.4 Å². The van der Waals surface area contributed by atoms with E-state index in [0.717, 1.165) is 12.8 Å². The molecule has 0 unspecified atom stereocenters. The van der Waals surface area contributed by atoms with Crippen LogP contribution in [0.4, 0.5) is 0 Å². The second-order valence-corrected chi connectivity index (χ2v) is 4.24. The van der Waals surface area contributed by atoms with E-state index in [1.165, 1.54) is 32.1 Å². The molecular formula is C13H25NO. The zero-order valence-electron chi connectivity index (χ0n) is 10.3. The minimum Gasteiger partial charge on any atom is -0.349 e. The third-order valence-electron chi connectivity index (χ3n) is 2.55. The summed E-state index contributed by atoms with van der Waals surface area (Å²) >= 11 is 0. The number of carbonyl (C=O) groups excluding carboxylic acids is 1. The van der Waals surface area contributed by atoms with Crippen LogP contribution in [-0.2, 0) is 4.79 Å². The lowest BCUT2D eigenvalue weighted by molar-refractivity contribution is -0.128. The molecule has 0 atom stereocenters. The van der Waals surface area contributed by atoms with Crippen LogP contribution in [0.25, 0.3) is 0 Å². The number of hydrogen-bond acceptors (Lipinski definition) is 1. The first-order chi connectivity index (χ1) is 7.18. The van der Waals surface area contributed by atoms with E-state index in [0.29, 0.717) is 6.42 Å². The summed E-state index contributed by atoms with van der Waals surface area (Å²) in [5.41, 5.74) is 0. The van der Waals surface area contributed by atoms with Gasteiger partial charge in [-0.3, -0.25) is 4.79 Å². The lowest BCUT2D eigenvalue weighted by Crippen LogP contribution is -2.20. The summed E-state index contributed by atoms with van der Waals surface area (Å²) in [6.07, 6.45) is 11.2. The number of allylic oxidation sites excluding steroid dienone is 1. The Hall–Kier alpha value is -0.790. The molecule has 0 rings (SSSR count). The largest absolute Gasteiger partial charge is 0.349 e. The van der Waals surface area contributed by atoms with E-state index in [4.69, 9.17) is 0 Å². The first-order valence-electron chi connectivity index (χ1n) is 5.99. The van der Waals surface area contributed by atoms with Gasteiger partial charge < -0.3 is 4.90 Å². The molecule has 0 saturated carbocycles. The average Bonchev–Trinajstić information content (AvgIpc) is 2.21. The van der Waals surface area contributed by atoms with Gasteiger partial charge in [-0.15, -0.1) is 6.58 Å². The number of unbranched alkanes of at least 4 members (excludes halogenated alkanes) is 6. The molecule has 0 aliphatic carbocycles. The predicted octanol–water partition coefficient (Wildman–Crippen LogP) is 3.38. The van der Waals surface area contributed by atoms with Gasteiger partial charge in [0.1, 0.15) is 0 Å². The fourth-order valence-corrected chi connectivity index (χ4v) is 1.50. The van der Waals surface area contributed by atoms with E-state index in [1.54, 1.807) is 4.90 Å². The van der Waals surface area contributed by atoms with E-state index in [1.807, 2.05) is 20.2 Å². The second-order valence-electron chi connectivity index (χ2n) is 4.24. The Morgan fingerprint density at radius 1 is 1.07 bits per heavy atom. The van der Waals surface area contributed by atoms with Crippen molar-refractivity contribution in [2.75, 3.05) is 14.1 Å². The predicted molar refractivity (Wildman–Crippen MR) is 65.8 cm³/mol. The molecular weight excluding hydrogens is 186 g/mol. The molecule has 0 spiro atoms. The molecule has 0 N–H and O–H groups in total. The van der Waals surface area contributed by atoms with Gasteiger partial charge in [0.2, 0.25) is 5.91 Å². The van der Waals surface area contributed by atoms with E-state index in [9.17, 15) is 4.79 Å². The standard InChI is InChI=1S/C13H25NO/c1-4-5-6-7-8-9-10-11-12-13(15)14(2)3/h4H,1,5-12H2,2-3H3. The van der Waals surface area contributed by atoms with Crippen molar-refractivity contribution >= 4 is 5.91 Å². The van der Waals surface area contributed by atoms with E-state index < -0.39 is 0 Å². The first-order valence-corrected chi connectivity index (χ1v) is 5.99. The van der Waals surface area contributed by atoms with Crippen molar-refractivity contribution in [2.24, 2.45) is 0 Å². The highest BCUT2D eigenvalue weighted by molar-refractivity contribution is 5.75. The monoisotopic (exact) mass is 211 g/mol. The Bertz CT molecular complexity index is 175. The zero-order chi connectivity index (χ0) is 11.5. The summed E-state index contributed by atoms with van der Waals surface area (Å²) in [5.74, 6) is 0.252. The summed E-state index contributed by atoms with van der Waals surface area (Å²) in [6, 6.07) is 0. The molecule has 0 aliphatic rings. The molecule has 88 valence electrons. The van der Waals surface area contributed by atoms with E-state index in [2.05, 4.69) is 6.58 Å². The molecule has 0 aromatic rings. The van der Waals surface area contributed by atoms with Crippen molar-refractivity contribution < 1.29 is 4.79 Å². The number of nitrogens with zero attached hydrogens (tertiary/aromatic N) is 1. The number of amides is 1. The van der Waals surface area contributed by atoms with Crippen molar-refractivity contribution in [1.29, 1.82) is 0 Å². The number of carbonyl (C=O) groups is 1. The molecule has 0 heterocycles. The van der Waals surface area contributed by atoms with Crippen LogP contribution >= 0.6 is 0 Å². The Kier molecular flexibility index (Phi) is 9.24. The van der Waals surface area contributed by atoms with Crippen molar-refractivity contribution in [3.8, 4) is 0 Å². The van der Waals surface area contributed by atoms with Crippen molar-refractivity contribution in [3.05, 3.63) is 12.7 Å². The minimum absolute atomic E-state index is 0.252. The zero-order valence-corrected chi connectivity index (χ0v) is 10.3. The highest BCUT2D eigenvalue weighted by atomic mass is 16.2. The summed E-state index contributed by atoms with van der Waals surface area (Å²) in [5, 5.41) is 0. The summed E-state index contributed by atoms with van der Waals surface area (Å²) in [4.78, 5) is 12.9. The lowest BCUT2D eigenvalue weighted by atomic mass is 10.1. The molecule has 1 amide bonds. The first kappa shape index (κ1) is 14.2. The lowest BCUT2D eigenvalue weighted by Gasteiger charge is -2.09. The molecule has 0 aromatic carbocycles. The Morgan fingerprint density at radius 3 is 2.13 bits per heavy atom. The fraction of sp³-hybridized carbons (Fsp3) is 0.769. The average molecular weight is 211 g/mol. The van der Waals surface area contributed by atoms with Crippen molar-refractivity contribution in [3.63, 3.8) is 0 Å². The molecule has 0 aliphatic heterocycles. The summed E-state index contributed by atoms with van der Waals surface area (Å²) < 4.78 is 0. The van der Waals surface area contributed by atoms with Crippen LogP contribution in [0.15, 0.2) is 12.7 Å². The number of rotatable bonds is 9. The van der Waals surface area contributed by atoms with Crippen LogP contribution in [0.2, 0.25) is 0 Å². The van der Waals surface area contributed by atoms with E-state index in [-0.39, 0.29) is 5.91 Å². The smallest absolute Gasteiger partial charge is 0.222 e. The van der Waals surface area contributed by atoms with Crippen molar-refractivity contribution in [1.82, 2.24) is 4.90 Å². The van der Waals surface area contributed by atoms with Gasteiger partial charge in [-0.25, -0.2) is 0 Å². The molecule has 0 fully saturated rings. The minimum atomic E-state index is 0.252. The van der Waals surface area contributed by atoms with Gasteiger partial charge >= 0.3 is 0 Å². The molecule has 2 heteroatoms. The molecule has 15 heavy (non-hydrogen) atoms. The molecule has 0 bridgehead atoms. The van der Waals surface area contributed by atoms with Crippen LogP contribution in [0.1, 0.15) is 51.4 Å². The maximum atomic E-state index is 11.2. The topological polar surface area (TPSA) is 20.3 Å². The highest BCUT2D eigenvalue weighted by Gasteiger charge is 2.02. The summed E-state index contributed by atoms with van der Waals surface area (Å²) in [7, 11) is 3.63. The summed E-state index contributed by atoms with van der Waals surface area (Å²) in [6.45, 7) is 3.70. The molecule has 0 radical (unpaired) electrons. The van der Waals surface area contributed by atoms with Gasteiger partial charge in [0, 0.05) is 20.5 Å². The van der Waals surface area contributed by atoms with Crippen LogP contribution < -0.4 is 0 Å². The highest BCUT2D eigenvalue weighted by Crippen LogP contribution is 2.09. The normalized spacial score (nSPS) is 10.0. The van der Waals surface area contributed by atoms with E-state index >= 15 is 0 Å². The van der Waals surface area contributed by atoms with Gasteiger partial charge in [-0.1, -0.05) is 31.8 Å². The quantitative estimate of drug-likeness (QED) is 0.423. The van der Waals surface area contributed by atoms with Crippen LogP contribution in [0.3, 0.4) is 0 Å². The molecule has 2 nitrogen and oxygen atoms in total. The Morgan fingerprint density at radius 2 is 1.60 bits per heavy atom. The molecule has 0 saturated heterocycles. The number of hydrogen-bond donors (Lipinski definition) is 0. The van der Waals surface area contributed by atoms with Crippen LogP contribution in [0, 0.1) is 0 Å². The van der Waals surface area contributed by atoms with Crippen LogP contribution in [-0.4, -0.2) is 24.9 Å². The van der Waals surface area contributed by atoms with Gasteiger partial charge in [0.15, 0.2) is 0 Å². The fourth-order valence-electron chi connectivity index (χ4n) is 1.50.